The second-order valence-electron chi connectivity index (χ2n) is 2.92. The Hall–Kier alpha value is -0.610. The molecule has 1 rings (SSSR count). The summed E-state index contributed by atoms with van der Waals surface area (Å²) < 4.78 is 25.3. The molecule has 0 atom stereocenters. The highest BCUT2D eigenvalue weighted by Crippen LogP contribution is 2.21. The number of hydrogen-bond donors (Lipinski definition) is 1. The molecule has 1 aromatic rings. The Labute approximate surface area is 86.7 Å². The van der Waals surface area contributed by atoms with Gasteiger partial charge in [0.25, 0.3) is 0 Å². The molecule has 0 saturated carbocycles. The number of nitrogens with two attached hydrogens (primary N) is 1. The molecule has 0 spiro atoms. The van der Waals surface area contributed by atoms with E-state index in [1.165, 1.54) is 17.8 Å². The summed E-state index contributed by atoms with van der Waals surface area (Å²) in [5.74, 6) is -0.687. The minimum atomic E-state index is -0.795. The first-order valence-electron chi connectivity index (χ1n) is 4.52. The molecule has 0 heterocycles. The van der Waals surface area contributed by atoms with Crippen molar-refractivity contribution >= 4 is 11.8 Å². The van der Waals surface area contributed by atoms with E-state index in [1.54, 1.807) is 6.07 Å². The molecule has 0 unspecified atom stereocenters. The zero-order valence-electron chi connectivity index (χ0n) is 7.80. The Balaban J connectivity index is 2.39. The smallest absolute Gasteiger partial charge is 0.159 e. The molecular weight excluding hydrogens is 204 g/mol. The van der Waals surface area contributed by atoms with Crippen molar-refractivity contribution in [2.24, 2.45) is 5.73 Å². The van der Waals surface area contributed by atoms with Crippen molar-refractivity contribution in [3.05, 3.63) is 29.8 Å². The fraction of sp³-hybridized carbons (Fsp3) is 0.400. The van der Waals surface area contributed by atoms with Gasteiger partial charge in [-0.15, -0.1) is 11.8 Å². The van der Waals surface area contributed by atoms with Gasteiger partial charge in [0.1, 0.15) is 0 Å². The van der Waals surface area contributed by atoms with Crippen molar-refractivity contribution in [1.29, 1.82) is 0 Å². The van der Waals surface area contributed by atoms with Gasteiger partial charge in [-0.25, -0.2) is 8.78 Å². The number of halogens is 2. The molecule has 2 N–H and O–H groups in total. The van der Waals surface area contributed by atoms with Crippen LogP contribution in [0.25, 0.3) is 0 Å². The molecule has 0 amide bonds. The molecule has 0 radical (unpaired) electrons. The molecule has 0 aliphatic rings. The fourth-order valence-electron chi connectivity index (χ4n) is 1.00. The van der Waals surface area contributed by atoms with Gasteiger partial charge in [-0.3, -0.25) is 0 Å². The minimum Gasteiger partial charge on any atom is -0.330 e. The van der Waals surface area contributed by atoms with Gasteiger partial charge in [0.15, 0.2) is 11.6 Å². The van der Waals surface area contributed by atoms with E-state index in [1.807, 2.05) is 0 Å². The summed E-state index contributed by atoms with van der Waals surface area (Å²) >= 11 is 1.52. The van der Waals surface area contributed by atoms with Gasteiger partial charge < -0.3 is 5.73 Å². The maximum Gasteiger partial charge on any atom is 0.159 e. The molecule has 0 bridgehead atoms. The monoisotopic (exact) mass is 217 g/mol. The van der Waals surface area contributed by atoms with Crippen molar-refractivity contribution < 1.29 is 8.78 Å². The first-order chi connectivity index (χ1) is 6.74. The van der Waals surface area contributed by atoms with E-state index in [0.717, 1.165) is 29.6 Å². The van der Waals surface area contributed by atoms with E-state index in [4.69, 9.17) is 5.73 Å². The lowest BCUT2D eigenvalue weighted by Gasteiger charge is -2.01. The molecule has 0 fully saturated rings. The third-order valence-corrected chi connectivity index (χ3v) is 2.84. The predicted octanol–water partition coefficient (Wildman–Crippen LogP) is 2.80. The molecule has 0 saturated heterocycles. The van der Waals surface area contributed by atoms with Crippen LogP contribution in [0, 0.1) is 11.6 Å². The van der Waals surface area contributed by atoms with Crippen LogP contribution in [0.3, 0.4) is 0 Å². The highest BCUT2D eigenvalue weighted by atomic mass is 32.2. The Kier molecular flexibility index (Phi) is 4.90. The maximum absolute atomic E-state index is 12.7. The second-order valence-corrected chi connectivity index (χ2v) is 4.09. The van der Waals surface area contributed by atoms with Crippen LogP contribution in [0.4, 0.5) is 8.78 Å². The van der Waals surface area contributed by atoms with E-state index < -0.39 is 11.6 Å². The topological polar surface area (TPSA) is 26.0 Å². The Morgan fingerprint density at radius 2 is 1.93 bits per heavy atom. The molecule has 14 heavy (non-hydrogen) atoms. The van der Waals surface area contributed by atoms with Crippen LogP contribution >= 0.6 is 11.8 Å². The highest BCUT2D eigenvalue weighted by molar-refractivity contribution is 7.99. The molecule has 4 heteroatoms. The van der Waals surface area contributed by atoms with Crippen LogP contribution in [-0.2, 0) is 0 Å². The Bertz CT molecular complexity index is 291. The molecule has 0 aliphatic carbocycles. The molecule has 1 nitrogen and oxygen atoms in total. The lowest BCUT2D eigenvalue weighted by Crippen LogP contribution is -1.98. The number of unbranched alkanes of at least 4 members (excludes halogenated alkanes) is 1. The third-order valence-electron chi connectivity index (χ3n) is 1.76. The van der Waals surface area contributed by atoms with Gasteiger partial charge in [0, 0.05) is 4.90 Å². The summed E-state index contributed by atoms with van der Waals surface area (Å²) in [6.07, 6.45) is 1.97. The van der Waals surface area contributed by atoms with Crippen molar-refractivity contribution in [2.75, 3.05) is 12.3 Å². The molecular formula is C10H13F2NS. The summed E-state index contributed by atoms with van der Waals surface area (Å²) in [5, 5.41) is 0. The summed E-state index contributed by atoms with van der Waals surface area (Å²) in [7, 11) is 0. The molecule has 0 aliphatic heterocycles. The van der Waals surface area contributed by atoms with Crippen molar-refractivity contribution in [2.45, 2.75) is 17.7 Å². The average Bonchev–Trinajstić information content (AvgIpc) is 2.18. The quantitative estimate of drug-likeness (QED) is 0.606. The van der Waals surface area contributed by atoms with Crippen LogP contribution in [0.15, 0.2) is 23.1 Å². The SMILES string of the molecule is NCCCCSc1ccc(F)c(F)c1. The highest BCUT2D eigenvalue weighted by Gasteiger charge is 2.02. The zero-order chi connectivity index (χ0) is 10.4. The molecule has 1 aromatic carbocycles. The van der Waals surface area contributed by atoms with E-state index in [9.17, 15) is 8.78 Å². The lowest BCUT2D eigenvalue weighted by atomic mass is 10.3. The first-order valence-corrected chi connectivity index (χ1v) is 5.50. The van der Waals surface area contributed by atoms with Crippen LogP contribution < -0.4 is 5.73 Å². The minimum absolute atomic E-state index is 0.679. The Morgan fingerprint density at radius 3 is 2.57 bits per heavy atom. The summed E-state index contributed by atoms with van der Waals surface area (Å²) in [6.45, 7) is 0.679. The summed E-state index contributed by atoms with van der Waals surface area (Å²) in [6, 6.07) is 3.97. The van der Waals surface area contributed by atoms with Gasteiger partial charge in [-0.2, -0.15) is 0 Å². The first kappa shape index (κ1) is 11.5. The van der Waals surface area contributed by atoms with Gasteiger partial charge in [0.2, 0.25) is 0 Å². The van der Waals surface area contributed by atoms with Crippen molar-refractivity contribution in [3.63, 3.8) is 0 Å². The number of thioether (sulfide) groups is 1. The van der Waals surface area contributed by atoms with E-state index in [0.29, 0.717) is 6.54 Å². The van der Waals surface area contributed by atoms with Gasteiger partial charge in [-0.1, -0.05) is 0 Å². The largest absolute Gasteiger partial charge is 0.330 e. The number of rotatable bonds is 5. The predicted molar refractivity (Wildman–Crippen MR) is 55.4 cm³/mol. The lowest BCUT2D eigenvalue weighted by molar-refractivity contribution is 0.506. The van der Waals surface area contributed by atoms with Gasteiger partial charge in [-0.05, 0) is 43.3 Å². The van der Waals surface area contributed by atoms with Crippen LogP contribution in [0.1, 0.15) is 12.8 Å². The van der Waals surface area contributed by atoms with Gasteiger partial charge in [0.05, 0.1) is 0 Å². The van der Waals surface area contributed by atoms with Gasteiger partial charge >= 0.3 is 0 Å². The van der Waals surface area contributed by atoms with E-state index in [2.05, 4.69) is 0 Å². The van der Waals surface area contributed by atoms with E-state index >= 15 is 0 Å². The number of benzene rings is 1. The third kappa shape index (κ3) is 3.64. The maximum atomic E-state index is 12.7. The zero-order valence-corrected chi connectivity index (χ0v) is 8.62. The summed E-state index contributed by atoms with van der Waals surface area (Å²) in [4.78, 5) is 0.765. The second kappa shape index (κ2) is 5.98. The molecule has 0 aromatic heterocycles. The fourth-order valence-corrected chi connectivity index (χ4v) is 1.94. The van der Waals surface area contributed by atoms with Crippen LogP contribution in [-0.4, -0.2) is 12.3 Å². The molecule has 78 valence electrons. The average molecular weight is 217 g/mol. The van der Waals surface area contributed by atoms with Crippen molar-refractivity contribution in [1.82, 2.24) is 0 Å². The standard InChI is InChI=1S/C10H13F2NS/c11-9-4-3-8(7-10(9)12)14-6-2-1-5-13/h3-4,7H,1-2,5-6,13H2. The van der Waals surface area contributed by atoms with Crippen LogP contribution in [0.5, 0.6) is 0 Å². The van der Waals surface area contributed by atoms with Crippen LogP contribution in [0.2, 0.25) is 0 Å². The summed E-state index contributed by atoms with van der Waals surface area (Å²) in [5.41, 5.74) is 5.33. The normalized spacial score (nSPS) is 10.5. The Morgan fingerprint density at radius 1 is 1.14 bits per heavy atom. The van der Waals surface area contributed by atoms with Crippen molar-refractivity contribution in [3.8, 4) is 0 Å². The van der Waals surface area contributed by atoms with E-state index in [-0.39, 0.29) is 0 Å². The number of hydrogen-bond acceptors (Lipinski definition) is 2.